The molecule has 13 heavy (non-hydrogen) atoms. The Bertz CT molecular complexity index is 318. The molecule has 1 rings (SSSR count). The average molecular weight is 247 g/mol. The van der Waals surface area contributed by atoms with Crippen LogP contribution in [0.15, 0.2) is 22.7 Å². The molecule has 0 aliphatic rings. The number of aryl methyl sites for hydroxylation is 1. The van der Waals surface area contributed by atoms with E-state index in [9.17, 15) is 9.18 Å². The summed E-state index contributed by atoms with van der Waals surface area (Å²) in [6.07, 6.45) is -1.95. The minimum Gasteiger partial charge on any atom is -0.479 e. The number of carboxylic acids is 1. The van der Waals surface area contributed by atoms with Crippen LogP contribution in [-0.4, -0.2) is 11.1 Å². The fourth-order valence-corrected chi connectivity index (χ4v) is 1.68. The first-order valence-electron chi connectivity index (χ1n) is 3.64. The van der Waals surface area contributed by atoms with Gasteiger partial charge >= 0.3 is 5.97 Å². The van der Waals surface area contributed by atoms with Gasteiger partial charge in [-0.05, 0) is 30.2 Å². The van der Waals surface area contributed by atoms with Crippen LogP contribution in [0, 0.1) is 6.92 Å². The Morgan fingerprint density at radius 1 is 1.54 bits per heavy atom. The predicted molar refractivity (Wildman–Crippen MR) is 50.4 cm³/mol. The Kier molecular flexibility index (Phi) is 3.03. The fraction of sp³-hybridized carbons (Fsp3) is 0.222. The van der Waals surface area contributed by atoms with E-state index in [1.54, 1.807) is 13.0 Å². The van der Waals surface area contributed by atoms with Crippen LogP contribution in [0.25, 0.3) is 0 Å². The minimum atomic E-state index is -1.95. The summed E-state index contributed by atoms with van der Waals surface area (Å²) in [4.78, 5) is 10.3. The van der Waals surface area contributed by atoms with Crippen molar-refractivity contribution in [1.82, 2.24) is 0 Å². The molecule has 0 aromatic heterocycles. The van der Waals surface area contributed by atoms with Gasteiger partial charge < -0.3 is 5.11 Å². The van der Waals surface area contributed by atoms with Crippen molar-refractivity contribution in [1.29, 1.82) is 0 Å². The lowest BCUT2D eigenvalue weighted by Crippen LogP contribution is -2.06. The van der Waals surface area contributed by atoms with Gasteiger partial charge in [0.1, 0.15) is 0 Å². The lowest BCUT2D eigenvalue weighted by Gasteiger charge is -2.05. The van der Waals surface area contributed by atoms with Crippen LogP contribution in [0.5, 0.6) is 0 Å². The van der Waals surface area contributed by atoms with Crippen molar-refractivity contribution >= 4 is 21.9 Å². The van der Waals surface area contributed by atoms with Crippen LogP contribution >= 0.6 is 15.9 Å². The topological polar surface area (TPSA) is 37.3 Å². The molecule has 4 heteroatoms. The second kappa shape index (κ2) is 3.87. The van der Waals surface area contributed by atoms with Gasteiger partial charge in [-0.25, -0.2) is 9.18 Å². The number of hydrogen-bond acceptors (Lipinski definition) is 1. The third-order valence-electron chi connectivity index (χ3n) is 1.57. The first-order valence-corrected chi connectivity index (χ1v) is 4.44. The highest BCUT2D eigenvalue weighted by atomic mass is 79.9. The highest BCUT2D eigenvalue weighted by molar-refractivity contribution is 9.10. The summed E-state index contributed by atoms with van der Waals surface area (Å²) in [5.41, 5.74) is 0.993. The van der Waals surface area contributed by atoms with Crippen LogP contribution in [0.3, 0.4) is 0 Å². The highest BCUT2D eigenvalue weighted by Crippen LogP contribution is 2.23. The zero-order valence-electron chi connectivity index (χ0n) is 6.92. The molecule has 1 atom stereocenters. The fourth-order valence-electron chi connectivity index (χ4n) is 1.05. The van der Waals surface area contributed by atoms with Crippen molar-refractivity contribution in [2.24, 2.45) is 0 Å². The maximum absolute atomic E-state index is 13.0. The van der Waals surface area contributed by atoms with Crippen LogP contribution in [-0.2, 0) is 4.79 Å². The minimum absolute atomic E-state index is 0.166. The molecular formula is C9H8BrFO2. The van der Waals surface area contributed by atoms with Gasteiger partial charge in [0.25, 0.3) is 0 Å². The molecule has 0 saturated heterocycles. The summed E-state index contributed by atoms with van der Waals surface area (Å²) in [5, 5.41) is 8.43. The summed E-state index contributed by atoms with van der Waals surface area (Å²) >= 11 is 3.17. The summed E-state index contributed by atoms with van der Waals surface area (Å²) < 4.78 is 13.7. The maximum Gasteiger partial charge on any atom is 0.343 e. The van der Waals surface area contributed by atoms with Crippen molar-refractivity contribution in [3.8, 4) is 0 Å². The van der Waals surface area contributed by atoms with Gasteiger partial charge in [-0.15, -0.1) is 0 Å². The van der Waals surface area contributed by atoms with E-state index in [4.69, 9.17) is 5.11 Å². The number of carboxylic acid groups (broad SMARTS) is 1. The van der Waals surface area contributed by atoms with Crippen LogP contribution < -0.4 is 0 Å². The lowest BCUT2D eigenvalue weighted by atomic mass is 10.1. The number of hydrogen-bond donors (Lipinski definition) is 1. The first-order chi connectivity index (χ1) is 6.00. The lowest BCUT2D eigenvalue weighted by molar-refractivity contribution is -0.143. The Morgan fingerprint density at radius 3 is 2.62 bits per heavy atom. The van der Waals surface area contributed by atoms with Gasteiger partial charge in [0.2, 0.25) is 6.17 Å². The van der Waals surface area contributed by atoms with Crippen molar-refractivity contribution in [3.63, 3.8) is 0 Å². The predicted octanol–water partition coefficient (Wildman–Crippen LogP) is 2.85. The number of halogens is 2. The number of alkyl halides is 1. The monoisotopic (exact) mass is 246 g/mol. The molecule has 1 unspecified atom stereocenters. The first kappa shape index (κ1) is 10.2. The van der Waals surface area contributed by atoms with Crippen molar-refractivity contribution in [2.45, 2.75) is 13.1 Å². The van der Waals surface area contributed by atoms with Gasteiger partial charge in [0.05, 0.1) is 0 Å². The molecular weight excluding hydrogens is 239 g/mol. The summed E-state index contributed by atoms with van der Waals surface area (Å²) in [5.74, 6) is -1.46. The summed E-state index contributed by atoms with van der Waals surface area (Å²) in [7, 11) is 0. The second-order valence-electron chi connectivity index (χ2n) is 2.76. The van der Waals surface area contributed by atoms with Gasteiger partial charge in [-0.1, -0.05) is 22.0 Å². The number of aliphatic carboxylic acids is 1. The number of benzene rings is 1. The van der Waals surface area contributed by atoms with E-state index in [0.29, 0.717) is 4.47 Å². The van der Waals surface area contributed by atoms with Gasteiger partial charge in [-0.2, -0.15) is 0 Å². The zero-order chi connectivity index (χ0) is 10.0. The Balaban J connectivity index is 3.07. The average Bonchev–Trinajstić information content (AvgIpc) is 2.01. The van der Waals surface area contributed by atoms with E-state index in [1.165, 1.54) is 12.1 Å². The Hall–Kier alpha value is -0.900. The van der Waals surface area contributed by atoms with E-state index in [2.05, 4.69) is 15.9 Å². The van der Waals surface area contributed by atoms with E-state index < -0.39 is 12.1 Å². The van der Waals surface area contributed by atoms with Gasteiger partial charge in [0, 0.05) is 4.47 Å². The van der Waals surface area contributed by atoms with Gasteiger partial charge in [-0.3, -0.25) is 0 Å². The normalized spacial score (nSPS) is 12.5. The largest absolute Gasteiger partial charge is 0.479 e. The van der Waals surface area contributed by atoms with Crippen molar-refractivity contribution in [2.75, 3.05) is 0 Å². The molecule has 0 aliphatic carbocycles. The molecule has 0 fully saturated rings. The molecule has 0 bridgehead atoms. The molecule has 0 saturated carbocycles. The van der Waals surface area contributed by atoms with E-state index in [1.807, 2.05) is 0 Å². The Morgan fingerprint density at radius 2 is 2.15 bits per heavy atom. The SMILES string of the molecule is Cc1cc(Br)cc(C(F)C(=O)O)c1. The molecule has 0 heterocycles. The van der Waals surface area contributed by atoms with Crippen LogP contribution in [0.4, 0.5) is 4.39 Å². The molecule has 0 aliphatic heterocycles. The summed E-state index contributed by atoms with van der Waals surface area (Å²) in [6, 6.07) is 4.77. The van der Waals surface area contributed by atoms with Gasteiger partial charge in [0.15, 0.2) is 0 Å². The van der Waals surface area contributed by atoms with Crippen LogP contribution in [0.1, 0.15) is 17.3 Å². The molecule has 2 nitrogen and oxygen atoms in total. The molecule has 0 radical (unpaired) electrons. The van der Waals surface area contributed by atoms with Crippen LogP contribution in [0.2, 0.25) is 0 Å². The maximum atomic E-state index is 13.0. The van der Waals surface area contributed by atoms with E-state index in [0.717, 1.165) is 5.56 Å². The number of carbonyl (C=O) groups is 1. The van der Waals surface area contributed by atoms with E-state index >= 15 is 0 Å². The Labute approximate surface area is 83.5 Å². The quantitative estimate of drug-likeness (QED) is 0.872. The third-order valence-corrected chi connectivity index (χ3v) is 2.03. The number of rotatable bonds is 2. The third kappa shape index (κ3) is 2.52. The standard InChI is InChI=1S/C9H8BrFO2/c1-5-2-6(4-7(10)3-5)8(11)9(12)13/h2-4,8H,1H3,(H,12,13). The zero-order valence-corrected chi connectivity index (χ0v) is 8.51. The summed E-state index contributed by atoms with van der Waals surface area (Å²) in [6.45, 7) is 1.78. The smallest absolute Gasteiger partial charge is 0.343 e. The molecule has 1 N–H and O–H groups in total. The van der Waals surface area contributed by atoms with Crippen molar-refractivity contribution in [3.05, 3.63) is 33.8 Å². The second-order valence-corrected chi connectivity index (χ2v) is 3.68. The highest BCUT2D eigenvalue weighted by Gasteiger charge is 2.18. The molecule has 0 amide bonds. The molecule has 70 valence electrons. The molecule has 1 aromatic rings. The molecule has 1 aromatic carbocycles. The van der Waals surface area contributed by atoms with Crippen molar-refractivity contribution < 1.29 is 14.3 Å². The molecule has 0 spiro atoms. The van der Waals surface area contributed by atoms with E-state index in [-0.39, 0.29) is 5.56 Å².